The summed E-state index contributed by atoms with van der Waals surface area (Å²) in [6.45, 7) is 8.51. The summed E-state index contributed by atoms with van der Waals surface area (Å²) in [4.78, 5) is 23.3. The summed E-state index contributed by atoms with van der Waals surface area (Å²) in [5.41, 5.74) is 0. The molecule has 7 heteroatoms. The monoisotopic (exact) mass is 460 g/mol. The Morgan fingerprint density at radius 2 is 1.32 bits per heavy atom. The number of ether oxygens (including phenoxy) is 2. The van der Waals surface area contributed by atoms with Gasteiger partial charge in [-0.1, -0.05) is 40.0 Å². The minimum atomic E-state index is -0.915. The van der Waals surface area contributed by atoms with Crippen LogP contribution in [0.3, 0.4) is 0 Å². The number of carboxylic acids is 1. The number of nitrogens with one attached hydrogen (secondary N) is 1. The smallest absolute Gasteiger partial charge is 0.303 e. The van der Waals surface area contributed by atoms with E-state index >= 15 is 0 Å². The van der Waals surface area contributed by atoms with Gasteiger partial charge in [-0.2, -0.15) is 0 Å². The molecule has 0 radical (unpaired) electrons. The molecule has 0 aromatic heterocycles. The van der Waals surface area contributed by atoms with Crippen LogP contribution in [0.5, 0.6) is 0 Å². The molecule has 2 N–H and O–H groups in total. The van der Waals surface area contributed by atoms with E-state index in [0.29, 0.717) is 26.1 Å². The Bertz CT molecular complexity index is 486. The predicted molar refractivity (Wildman–Crippen MR) is 129 cm³/mol. The average molecular weight is 461 g/mol. The molecular weight excluding hydrogens is 413 g/mol. The number of carbonyl (C=O) groups excluding carboxylic acids is 1. The van der Waals surface area contributed by atoms with Crippen LogP contribution in [0.1, 0.15) is 91.4 Å². The van der Waals surface area contributed by atoms with Crippen molar-refractivity contribution in [2.24, 2.45) is 0 Å². The highest BCUT2D eigenvalue weighted by Gasteiger charge is 2.37. The molecule has 0 saturated carbocycles. The van der Waals surface area contributed by atoms with Crippen LogP contribution in [0, 0.1) is 0 Å². The summed E-state index contributed by atoms with van der Waals surface area (Å²) in [5, 5.41) is 12.0. The maximum Gasteiger partial charge on any atom is 0.303 e. The fourth-order valence-electron chi connectivity index (χ4n) is 4.39. The van der Waals surface area contributed by atoms with E-state index in [-0.39, 0.29) is 18.7 Å². The fraction of sp³-hybridized carbons (Fsp3) is 0.917. The van der Waals surface area contributed by atoms with E-state index in [0.717, 1.165) is 13.0 Å². The molecule has 6 nitrogen and oxygen atoms in total. The number of amides is 1. The van der Waals surface area contributed by atoms with Crippen LogP contribution in [0.15, 0.2) is 0 Å². The second kappa shape index (κ2) is 16.0. The van der Waals surface area contributed by atoms with Gasteiger partial charge >= 0.3 is 5.97 Å². The Kier molecular flexibility index (Phi) is 14.6. The van der Waals surface area contributed by atoms with E-state index < -0.39 is 19.0 Å². The molecular formula is C24H47NO5P+. The number of unbranched alkanes of at least 4 members (excludes halogenated alkanes) is 3. The van der Waals surface area contributed by atoms with Gasteiger partial charge in [-0.15, -0.1) is 0 Å². The highest BCUT2D eigenvalue weighted by atomic mass is 31.2. The molecule has 0 unspecified atom stereocenters. The van der Waals surface area contributed by atoms with Crippen molar-refractivity contribution in [2.75, 3.05) is 44.4 Å². The van der Waals surface area contributed by atoms with Crippen molar-refractivity contribution >= 4 is 19.1 Å². The standard InChI is InChI=1S/C24H46NO5P/c1-4-7-18-31(19-8-5-2,20-9-6-3)21-10-15-25-22(26)11-13-24(14-12-23(27)28)29-16-17-30-24/h4-21H2,1-3H3,(H-,25,26,27,28)/p+1. The van der Waals surface area contributed by atoms with Crippen molar-refractivity contribution < 1.29 is 24.2 Å². The summed E-state index contributed by atoms with van der Waals surface area (Å²) < 4.78 is 11.3. The Morgan fingerprint density at radius 1 is 0.839 bits per heavy atom. The van der Waals surface area contributed by atoms with E-state index in [1.54, 1.807) is 0 Å². The van der Waals surface area contributed by atoms with Crippen molar-refractivity contribution in [3.05, 3.63) is 0 Å². The second-order valence-corrected chi connectivity index (χ2v) is 13.5. The molecule has 0 aromatic rings. The molecule has 1 heterocycles. The molecule has 1 amide bonds. The first kappa shape index (κ1) is 28.3. The number of carbonyl (C=O) groups is 2. The lowest BCUT2D eigenvalue weighted by Crippen LogP contribution is -2.34. The number of hydrogen-bond acceptors (Lipinski definition) is 4. The zero-order chi connectivity index (χ0) is 23.0. The van der Waals surface area contributed by atoms with E-state index in [2.05, 4.69) is 26.1 Å². The fourth-order valence-corrected chi connectivity index (χ4v) is 9.53. The number of rotatable bonds is 19. The minimum Gasteiger partial charge on any atom is -0.481 e. The average Bonchev–Trinajstić information content (AvgIpc) is 3.24. The molecule has 1 saturated heterocycles. The van der Waals surface area contributed by atoms with Gasteiger partial charge in [0.2, 0.25) is 5.91 Å². The van der Waals surface area contributed by atoms with E-state index in [4.69, 9.17) is 14.6 Å². The van der Waals surface area contributed by atoms with E-state index in [9.17, 15) is 9.59 Å². The molecule has 0 aliphatic carbocycles. The van der Waals surface area contributed by atoms with Crippen LogP contribution in [0.25, 0.3) is 0 Å². The van der Waals surface area contributed by atoms with Gasteiger partial charge in [0.25, 0.3) is 0 Å². The van der Waals surface area contributed by atoms with Gasteiger partial charge in [0, 0.05) is 33.1 Å². The van der Waals surface area contributed by atoms with Crippen LogP contribution in [0.4, 0.5) is 0 Å². The lowest BCUT2D eigenvalue weighted by molar-refractivity contribution is -0.174. The zero-order valence-electron chi connectivity index (χ0n) is 20.3. The lowest BCUT2D eigenvalue weighted by atomic mass is 10.0. The summed E-state index contributed by atoms with van der Waals surface area (Å²) in [5.74, 6) is -1.77. The predicted octanol–water partition coefficient (Wildman–Crippen LogP) is 5.30. The molecule has 182 valence electrons. The summed E-state index contributed by atoms with van der Waals surface area (Å²) in [6.07, 6.45) is 15.4. The Hall–Kier alpha value is -0.710. The SMILES string of the molecule is CCCC[P+](CCCC)(CCCC)CCCNC(=O)CCC1(CCC(=O)O)OCCO1. The third kappa shape index (κ3) is 11.6. The van der Waals surface area contributed by atoms with Crippen molar-refractivity contribution in [2.45, 2.75) is 97.2 Å². The minimum absolute atomic E-state index is 0.00779. The Morgan fingerprint density at radius 3 is 1.81 bits per heavy atom. The van der Waals surface area contributed by atoms with Crippen molar-refractivity contribution in [1.82, 2.24) is 5.32 Å². The quantitative estimate of drug-likeness (QED) is 0.202. The van der Waals surface area contributed by atoms with Crippen LogP contribution in [0.2, 0.25) is 0 Å². The number of hydrogen-bond donors (Lipinski definition) is 2. The maximum absolute atomic E-state index is 12.4. The third-order valence-electron chi connectivity index (χ3n) is 6.36. The third-order valence-corrected chi connectivity index (χ3v) is 11.4. The summed E-state index contributed by atoms with van der Waals surface area (Å²) >= 11 is 0. The number of carboxylic acid groups (broad SMARTS) is 1. The Balaban J connectivity index is 2.45. The summed E-state index contributed by atoms with van der Waals surface area (Å²) in [7, 11) is -0.915. The molecule has 0 bridgehead atoms. The van der Waals surface area contributed by atoms with Crippen molar-refractivity contribution in [3.63, 3.8) is 0 Å². The maximum atomic E-state index is 12.4. The first-order chi connectivity index (χ1) is 14.9. The zero-order valence-corrected chi connectivity index (χ0v) is 21.1. The highest BCUT2D eigenvalue weighted by Crippen LogP contribution is 2.61. The lowest BCUT2D eigenvalue weighted by Gasteiger charge is -2.28. The number of aliphatic carboxylic acids is 1. The molecule has 1 aliphatic heterocycles. The largest absolute Gasteiger partial charge is 0.481 e. The second-order valence-electron chi connectivity index (χ2n) is 9.00. The first-order valence-corrected chi connectivity index (χ1v) is 15.1. The van der Waals surface area contributed by atoms with Gasteiger partial charge in [-0.25, -0.2) is 0 Å². The first-order valence-electron chi connectivity index (χ1n) is 12.5. The van der Waals surface area contributed by atoms with Crippen LogP contribution in [-0.4, -0.2) is 67.2 Å². The van der Waals surface area contributed by atoms with Crippen molar-refractivity contribution in [3.8, 4) is 0 Å². The van der Waals surface area contributed by atoms with Crippen LogP contribution < -0.4 is 5.32 Å². The van der Waals surface area contributed by atoms with Crippen molar-refractivity contribution in [1.29, 1.82) is 0 Å². The van der Waals surface area contributed by atoms with E-state index in [1.807, 2.05) is 0 Å². The van der Waals surface area contributed by atoms with Crippen LogP contribution in [-0.2, 0) is 19.1 Å². The van der Waals surface area contributed by atoms with Gasteiger partial charge in [-0.05, 0) is 25.7 Å². The molecule has 1 aliphatic rings. The van der Waals surface area contributed by atoms with Gasteiger partial charge < -0.3 is 19.9 Å². The normalized spacial score (nSPS) is 15.8. The van der Waals surface area contributed by atoms with Gasteiger partial charge in [0.15, 0.2) is 5.79 Å². The topological polar surface area (TPSA) is 84.9 Å². The van der Waals surface area contributed by atoms with Gasteiger partial charge in [0.1, 0.15) is 0 Å². The highest BCUT2D eigenvalue weighted by molar-refractivity contribution is 7.75. The van der Waals surface area contributed by atoms with Gasteiger partial charge in [0.05, 0.1) is 44.3 Å². The van der Waals surface area contributed by atoms with Gasteiger partial charge in [-0.3, -0.25) is 9.59 Å². The van der Waals surface area contributed by atoms with Crippen LogP contribution >= 0.6 is 7.26 Å². The van der Waals surface area contributed by atoms with E-state index in [1.165, 1.54) is 63.2 Å². The molecule has 0 atom stereocenters. The molecule has 1 fully saturated rings. The Labute approximate surface area is 190 Å². The summed E-state index contributed by atoms with van der Waals surface area (Å²) in [6, 6.07) is 0. The molecule has 0 aromatic carbocycles. The molecule has 31 heavy (non-hydrogen) atoms. The molecule has 0 spiro atoms. The molecule has 1 rings (SSSR count).